The van der Waals surface area contributed by atoms with Gasteiger partial charge in [-0.15, -0.1) is 0 Å². The Morgan fingerprint density at radius 3 is 3.16 bits per heavy atom. The second-order valence-corrected chi connectivity index (χ2v) is 5.79. The second kappa shape index (κ2) is 5.53. The van der Waals surface area contributed by atoms with E-state index < -0.39 is 0 Å². The van der Waals surface area contributed by atoms with E-state index >= 15 is 0 Å². The lowest BCUT2D eigenvalue weighted by Gasteiger charge is -2.37. The molecule has 1 atom stereocenters. The molecule has 0 aliphatic carbocycles. The monoisotopic (exact) mass is 261 g/mol. The van der Waals surface area contributed by atoms with Crippen molar-refractivity contribution in [2.45, 2.75) is 25.4 Å². The highest BCUT2D eigenvalue weighted by molar-refractivity contribution is 5.20. The summed E-state index contributed by atoms with van der Waals surface area (Å²) >= 11 is 0. The van der Waals surface area contributed by atoms with E-state index in [1.165, 1.54) is 11.3 Å². The predicted octanol–water partition coefficient (Wildman–Crippen LogP) is -0.0894. The van der Waals surface area contributed by atoms with Crippen molar-refractivity contribution in [3.05, 3.63) is 23.3 Å². The van der Waals surface area contributed by atoms with Gasteiger partial charge in [0.2, 0.25) is 0 Å². The van der Waals surface area contributed by atoms with E-state index in [4.69, 9.17) is 4.98 Å². The average Bonchev–Trinajstić information content (AvgIpc) is 2.43. The van der Waals surface area contributed by atoms with E-state index in [0.717, 1.165) is 51.4 Å². The Morgan fingerprint density at radius 1 is 1.37 bits per heavy atom. The fourth-order valence-electron chi connectivity index (χ4n) is 2.91. The molecule has 0 radical (unpaired) electrons. The van der Waals surface area contributed by atoms with Crippen LogP contribution in [0, 0.1) is 0 Å². The van der Waals surface area contributed by atoms with Gasteiger partial charge in [-0.25, -0.2) is 9.97 Å². The van der Waals surface area contributed by atoms with E-state index in [-0.39, 0.29) is 0 Å². The Hall–Kier alpha value is -1.04. The van der Waals surface area contributed by atoms with Crippen molar-refractivity contribution in [3.8, 4) is 0 Å². The first-order valence-corrected chi connectivity index (χ1v) is 7.15. The van der Waals surface area contributed by atoms with Gasteiger partial charge in [0.25, 0.3) is 0 Å². The number of aromatic nitrogens is 2. The van der Waals surface area contributed by atoms with Crippen LogP contribution in [0.2, 0.25) is 0 Å². The van der Waals surface area contributed by atoms with Gasteiger partial charge in [-0.1, -0.05) is 0 Å². The standard InChI is InChI=1S/C14H23N5/c1-18-5-6-19(2)12(10-18)7-14-16-9-11-8-15-4-3-13(11)17-14/h9,12,15H,3-8,10H2,1-2H3. The Morgan fingerprint density at radius 2 is 2.26 bits per heavy atom. The molecule has 1 aromatic rings. The summed E-state index contributed by atoms with van der Waals surface area (Å²) in [5.74, 6) is 1.01. The van der Waals surface area contributed by atoms with Gasteiger partial charge in [-0.05, 0) is 14.1 Å². The van der Waals surface area contributed by atoms with Crippen LogP contribution in [0.15, 0.2) is 6.20 Å². The smallest absolute Gasteiger partial charge is 0.130 e. The van der Waals surface area contributed by atoms with Gasteiger partial charge in [0.05, 0.1) is 0 Å². The van der Waals surface area contributed by atoms with Crippen molar-refractivity contribution in [2.24, 2.45) is 0 Å². The molecule has 2 aliphatic rings. The average molecular weight is 261 g/mol. The first-order valence-electron chi connectivity index (χ1n) is 7.15. The van der Waals surface area contributed by atoms with Gasteiger partial charge in [0.15, 0.2) is 0 Å². The molecule has 0 bridgehead atoms. The van der Waals surface area contributed by atoms with Gasteiger partial charge in [-0.3, -0.25) is 0 Å². The van der Waals surface area contributed by atoms with Crippen LogP contribution in [-0.4, -0.2) is 66.1 Å². The fraction of sp³-hybridized carbons (Fsp3) is 0.714. The van der Waals surface area contributed by atoms with Gasteiger partial charge < -0.3 is 15.1 Å². The number of fused-ring (bicyclic) bond motifs is 1. The normalized spacial score (nSPS) is 25.3. The molecule has 0 spiro atoms. The Kier molecular flexibility index (Phi) is 3.77. The largest absolute Gasteiger partial charge is 0.312 e. The molecule has 1 N–H and O–H groups in total. The zero-order valence-corrected chi connectivity index (χ0v) is 11.9. The molecule has 2 aliphatic heterocycles. The molecule has 19 heavy (non-hydrogen) atoms. The molecule has 1 saturated heterocycles. The number of nitrogens with one attached hydrogen (secondary N) is 1. The van der Waals surface area contributed by atoms with E-state index in [1.54, 1.807) is 0 Å². The van der Waals surface area contributed by atoms with Crippen molar-refractivity contribution in [2.75, 3.05) is 40.3 Å². The zero-order chi connectivity index (χ0) is 13.2. The fourth-order valence-corrected chi connectivity index (χ4v) is 2.91. The third kappa shape index (κ3) is 2.94. The summed E-state index contributed by atoms with van der Waals surface area (Å²) in [6.45, 7) is 5.36. The van der Waals surface area contributed by atoms with E-state index in [9.17, 15) is 0 Å². The van der Waals surface area contributed by atoms with Crippen LogP contribution in [0.5, 0.6) is 0 Å². The number of piperazine rings is 1. The summed E-state index contributed by atoms with van der Waals surface area (Å²) in [5, 5.41) is 3.36. The van der Waals surface area contributed by atoms with Crippen molar-refractivity contribution < 1.29 is 0 Å². The van der Waals surface area contributed by atoms with Crippen LogP contribution in [0.3, 0.4) is 0 Å². The summed E-state index contributed by atoms with van der Waals surface area (Å²) in [6.07, 6.45) is 4.00. The minimum Gasteiger partial charge on any atom is -0.312 e. The lowest BCUT2D eigenvalue weighted by atomic mass is 10.1. The number of hydrogen-bond acceptors (Lipinski definition) is 5. The number of rotatable bonds is 2. The maximum Gasteiger partial charge on any atom is 0.130 e. The highest BCUT2D eigenvalue weighted by Gasteiger charge is 2.23. The minimum absolute atomic E-state index is 0.540. The molecule has 0 amide bonds. The lowest BCUT2D eigenvalue weighted by Crippen LogP contribution is -2.51. The van der Waals surface area contributed by atoms with Gasteiger partial charge in [0, 0.05) is 69.1 Å². The molecule has 5 nitrogen and oxygen atoms in total. The van der Waals surface area contributed by atoms with Crippen LogP contribution >= 0.6 is 0 Å². The Labute approximate surface area is 115 Å². The number of hydrogen-bond donors (Lipinski definition) is 1. The molecule has 0 aromatic carbocycles. The van der Waals surface area contributed by atoms with Crippen LogP contribution in [-0.2, 0) is 19.4 Å². The summed E-state index contributed by atoms with van der Waals surface area (Å²) in [5.41, 5.74) is 2.51. The van der Waals surface area contributed by atoms with Gasteiger partial charge in [0.1, 0.15) is 5.82 Å². The molecular formula is C14H23N5. The maximum atomic E-state index is 4.77. The van der Waals surface area contributed by atoms with Crippen molar-refractivity contribution in [1.29, 1.82) is 0 Å². The first-order chi connectivity index (χ1) is 9.22. The van der Waals surface area contributed by atoms with E-state index in [1.807, 2.05) is 6.20 Å². The van der Waals surface area contributed by atoms with Crippen molar-refractivity contribution in [1.82, 2.24) is 25.1 Å². The molecule has 3 heterocycles. The van der Waals surface area contributed by atoms with Gasteiger partial charge in [-0.2, -0.15) is 0 Å². The van der Waals surface area contributed by atoms with Crippen LogP contribution in [0.4, 0.5) is 0 Å². The number of likely N-dealkylation sites (N-methyl/N-ethyl adjacent to an activating group) is 2. The summed E-state index contributed by atoms with van der Waals surface area (Å²) < 4.78 is 0. The number of nitrogens with zero attached hydrogens (tertiary/aromatic N) is 4. The topological polar surface area (TPSA) is 44.3 Å². The van der Waals surface area contributed by atoms with E-state index in [0.29, 0.717) is 6.04 Å². The Bertz CT molecular complexity index is 447. The van der Waals surface area contributed by atoms with Gasteiger partial charge >= 0.3 is 0 Å². The van der Waals surface area contributed by atoms with E-state index in [2.05, 4.69) is 34.2 Å². The molecule has 104 valence electrons. The molecule has 0 saturated carbocycles. The Balaban J connectivity index is 1.72. The maximum absolute atomic E-state index is 4.77. The molecular weight excluding hydrogens is 238 g/mol. The molecule has 5 heteroatoms. The first kappa shape index (κ1) is 13.0. The lowest BCUT2D eigenvalue weighted by molar-refractivity contribution is 0.113. The highest BCUT2D eigenvalue weighted by Crippen LogP contribution is 2.14. The highest BCUT2D eigenvalue weighted by atomic mass is 15.3. The van der Waals surface area contributed by atoms with Crippen LogP contribution in [0.25, 0.3) is 0 Å². The van der Waals surface area contributed by atoms with Crippen LogP contribution < -0.4 is 5.32 Å². The van der Waals surface area contributed by atoms with Crippen molar-refractivity contribution >= 4 is 0 Å². The third-order valence-corrected chi connectivity index (χ3v) is 4.26. The second-order valence-electron chi connectivity index (χ2n) is 5.79. The zero-order valence-electron chi connectivity index (χ0n) is 11.9. The van der Waals surface area contributed by atoms with Crippen LogP contribution in [0.1, 0.15) is 17.1 Å². The minimum atomic E-state index is 0.540. The predicted molar refractivity (Wildman–Crippen MR) is 75.1 cm³/mol. The quantitative estimate of drug-likeness (QED) is 0.806. The SMILES string of the molecule is CN1CCN(C)C(Cc2ncc3c(n2)CCNC3)C1. The summed E-state index contributed by atoms with van der Waals surface area (Å²) in [6, 6.07) is 0.540. The summed E-state index contributed by atoms with van der Waals surface area (Å²) in [4.78, 5) is 14.2. The van der Waals surface area contributed by atoms with Crippen molar-refractivity contribution in [3.63, 3.8) is 0 Å². The molecule has 1 unspecified atom stereocenters. The summed E-state index contributed by atoms with van der Waals surface area (Å²) in [7, 11) is 4.40. The molecule has 1 aromatic heterocycles. The molecule has 3 rings (SSSR count). The molecule has 1 fully saturated rings. The third-order valence-electron chi connectivity index (χ3n) is 4.26.